The molecule has 0 spiro atoms. The molecule has 3 aliphatic rings. The number of hydrogen-bond donors (Lipinski definition) is 1. The lowest BCUT2D eigenvalue weighted by Gasteiger charge is -2.27. The minimum Gasteiger partial charge on any atom is -0.337 e. The van der Waals surface area contributed by atoms with Gasteiger partial charge >= 0.3 is 6.03 Å². The first-order valence-corrected chi connectivity index (χ1v) is 10.5. The summed E-state index contributed by atoms with van der Waals surface area (Å²) >= 11 is 0. The Bertz CT molecular complexity index is 496. The molecule has 3 fully saturated rings. The van der Waals surface area contributed by atoms with E-state index in [0.29, 0.717) is 6.04 Å². The third-order valence-electron chi connectivity index (χ3n) is 5.41. The van der Waals surface area contributed by atoms with E-state index in [1.807, 2.05) is 4.90 Å². The molecular weight excluding hydrogens is 300 g/mol. The zero-order chi connectivity index (χ0) is 15.6. The van der Waals surface area contributed by atoms with Gasteiger partial charge in [-0.15, -0.1) is 0 Å². The largest absolute Gasteiger partial charge is 0.337 e. The highest BCUT2D eigenvalue weighted by molar-refractivity contribution is 7.92. The smallest absolute Gasteiger partial charge is 0.317 e. The van der Waals surface area contributed by atoms with Crippen molar-refractivity contribution in [2.45, 2.75) is 69.1 Å². The lowest BCUT2D eigenvalue weighted by atomic mass is 9.97. The Hall–Kier alpha value is -0.780. The Labute approximate surface area is 133 Å². The number of sulfone groups is 1. The molecule has 2 saturated carbocycles. The van der Waals surface area contributed by atoms with E-state index in [9.17, 15) is 13.2 Å². The van der Waals surface area contributed by atoms with Crippen molar-refractivity contribution in [1.29, 1.82) is 0 Å². The van der Waals surface area contributed by atoms with Gasteiger partial charge in [-0.25, -0.2) is 13.2 Å². The minimum absolute atomic E-state index is 0.0634. The molecule has 2 amide bonds. The Kier molecular flexibility index (Phi) is 4.95. The van der Waals surface area contributed by atoms with Crippen LogP contribution in [0.2, 0.25) is 0 Å². The third kappa shape index (κ3) is 3.94. The van der Waals surface area contributed by atoms with E-state index in [4.69, 9.17) is 0 Å². The van der Waals surface area contributed by atoms with E-state index < -0.39 is 9.84 Å². The second-order valence-electron chi connectivity index (χ2n) is 7.17. The maximum absolute atomic E-state index is 12.3. The summed E-state index contributed by atoms with van der Waals surface area (Å²) in [7, 11) is -2.97. The summed E-state index contributed by atoms with van der Waals surface area (Å²) < 4.78 is 23.7. The maximum Gasteiger partial charge on any atom is 0.317 e. The van der Waals surface area contributed by atoms with Crippen molar-refractivity contribution >= 4 is 15.9 Å². The van der Waals surface area contributed by atoms with Crippen molar-refractivity contribution in [2.24, 2.45) is 5.92 Å². The molecule has 126 valence electrons. The van der Waals surface area contributed by atoms with Gasteiger partial charge in [0.1, 0.15) is 0 Å². The van der Waals surface area contributed by atoms with Crippen LogP contribution in [0.15, 0.2) is 0 Å². The summed E-state index contributed by atoms with van der Waals surface area (Å²) in [5.41, 5.74) is 0. The van der Waals surface area contributed by atoms with Crippen LogP contribution < -0.4 is 5.32 Å². The lowest BCUT2D eigenvalue weighted by molar-refractivity contribution is 0.184. The van der Waals surface area contributed by atoms with Gasteiger partial charge in [0.15, 0.2) is 9.84 Å². The molecule has 0 radical (unpaired) electrons. The Morgan fingerprint density at radius 3 is 2.45 bits per heavy atom. The van der Waals surface area contributed by atoms with E-state index in [0.717, 1.165) is 44.6 Å². The van der Waals surface area contributed by atoms with E-state index in [1.165, 1.54) is 25.7 Å². The van der Waals surface area contributed by atoms with Gasteiger partial charge in [0.2, 0.25) is 0 Å². The number of urea groups is 1. The average Bonchev–Trinajstić information content (AvgIpc) is 3.05. The van der Waals surface area contributed by atoms with Crippen molar-refractivity contribution in [2.75, 3.05) is 18.8 Å². The van der Waals surface area contributed by atoms with E-state index in [1.54, 1.807) is 0 Å². The first-order valence-electron chi connectivity index (χ1n) is 8.82. The summed E-state index contributed by atoms with van der Waals surface area (Å²) in [6.07, 6.45) is 10.2. The second-order valence-corrected chi connectivity index (χ2v) is 9.57. The van der Waals surface area contributed by atoms with Crippen LogP contribution in [0.3, 0.4) is 0 Å². The molecule has 1 saturated heterocycles. The van der Waals surface area contributed by atoms with Crippen LogP contribution in [-0.2, 0) is 9.84 Å². The molecule has 1 unspecified atom stereocenters. The van der Waals surface area contributed by atoms with Gasteiger partial charge in [-0.1, -0.05) is 25.7 Å². The number of nitrogens with zero attached hydrogens (tertiary/aromatic N) is 1. The fraction of sp³-hybridized carbons (Fsp3) is 0.938. The first-order chi connectivity index (χ1) is 10.6. The molecule has 3 rings (SSSR count). The Morgan fingerprint density at radius 2 is 1.77 bits per heavy atom. The van der Waals surface area contributed by atoms with Gasteiger partial charge in [-0.3, -0.25) is 0 Å². The summed E-state index contributed by atoms with van der Waals surface area (Å²) in [5.74, 6) is 0.874. The molecule has 0 aromatic carbocycles. The Balaban J connectivity index is 1.44. The molecule has 5 nitrogen and oxygen atoms in total. The third-order valence-corrected chi connectivity index (χ3v) is 7.67. The van der Waals surface area contributed by atoms with E-state index >= 15 is 0 Å². The van der Waals surface area contributed by atoms with Crippen molar-refractivity contribution in [3.8, 4) is 0 Å². The molecule has 1 heterocycles. The summed E-state index contributed by atoms with van der Waals surface area (Å²) in [5, 5.41) is 2.69. The second kappa shape index (κ2) is 6.77. The van der Waals surface area contributed by atoms with Gasteiger partial charge in [0, 0.05) is 19.1 Å². The number of carbonyl (C=O) groups is 1. The zero-order valence-corrected chi connectivity index (χ0v) is 14.1. The quantitative estimate of drug-likeness (QED) is 0.814. The average molecular weight is 328 g/mol. The van der Waals surface area contributed by atoms with Crippen LogP contribution in [0.25, 0.3) is 0 Å². The van der Waals surface area contributed by atoms with Gasteiger partial charge in [-0.05, 0) is 38.0 Å². The van der Waals surface area contributed by atoms with Crippen LogP contribution in [-0.4, -0.2) is 49.5 Å². The molecule has 1 aliphatic heterocycles. The van der Waals surface area contributed by atoms with E-state index in [2.05, 4.69) is 5.32 Å². The fourth-order valence-corrected chi connectivity index (χ4v) is 5.55. The standard InChI is InChI=1S/C16H28N2O3S/c19-16(17-9-11-22(20,21)15-7-8-15)18-10-3-6-14(18)12-13-4-1-2-5-13/h13-15H,1-12H2,(H,17,19). The number of hydrogen-bond acceptors (Lipinski definition) is 3. The molecule has 0 aromatic heterocycles. The maximum atomic E-state index is 12.3. The molecule has 2 aliphatic carbocycles. The van der Waals surface area contributed by atoms with Gasteiger partial charge in [-0.2, -0.15) is 0 Å². The Morgan fingerprint density at radius 1 is 1.05 bits per heavy atom. The highest BCUT2D eigenvalue weighted by Crippen LogP contribution is 2.33. The van der Waals surface area contributed by atoms with Gasteiger partial charge < -0.3 is 10.2 Å². The van der Waals surface area contributed by atoms with Crippen molar-refractivity contribution in [3.63, 3.8) is 0 Å². The molecule has 6 heteroatoms. The number of amides is 2. The predicted octanol–water partition coefficient (Wildman–Crippen LogP) is 2.32. The fourth-order valence-electron chi connectivity index (χ4n) is 3.97. The van der Waals surface area contributed by atoms with Crippen molar-refractivity contribution in [3.05, 3.63) is 0 Å². The number of likely N-dealkylation sites (tertiary alicyclic amines) is 1. The number of rotatable bonds is 6. The summed E-state index contributed by atoms with van der Waals surface area (Å²) in [6, 6.07) is 0.301. The summed E-state index contributed by atoms with van der Waals surface area (Å²) in [6.45, 7) is 1.07. The van der Waals surface area contributed by atoms with Gasteiger partial charge in [0.25, 0.3) is 0 Å². The zero-order valence-electron chi connectivity index (χ0n) is 13.3. The molecule has 0 aromatic rings. The monoisotopic (exact) mass is 328 g/mol. The van der Waals surface area contributed by atoms with Crippen LogP contribution in [0.1, 0.15) is 57.8 Å². The molecule has 1 N–H and O–H groups in total. The number of nitrogens with one attached hydrogen (secondary N) is 1. The molecular formula is C16H28N2O3S. The van der Waals surface area contributed by atoms with Crippen molar-refractivity contribution in [1.82, 2.24) is 10.2 Å². The highest BCUT2D eigenvalue weighted by atomic mass is 32.2. The predicted molar refractivity (Wildman–Crippen MR) is 86.5 cm³/mol. The lowest BCUT2D eigenvalue weighted by Crippen LogP contribution is -2.44. The minimum atomic E-state index is -2.97. The highest BCUT2D eigenvalue weighted by Gasteiger charge is 2.35. The normalized spacial score (nSPS) is 26.5. The topological polar surface area (TPSA) is 66.5 Å². The van der Waals surface area contributed by atoms with Gasteiger partial charge in [0.05, 0.1) is 11.0 Å². The SMILES string of the molecule is O=C(NCCS(=O)(=O)C1CC1)N1CCCC1CC1CCCC1. The van der Waals surface area contributed by atoms with Crippen LogP contribution in [0.4, 0.5) is 4.79 Å². The van der Waals surface area contributed by atoms with E-state index in [-0.39, 0.29) is 23.6 Å². The van der Waals surface area contributed by atoms with Crippen LogP contribution in [0.5, 0.6) is 0 Å². The van der Waals surface area contributed by atoms with Crippen LogP contribution in [0, 0.1) is 5.92 Å². The van der Waals surface area contributed by atoms with Crippen molar-refractivity contribution < 1.29 is 13.2 Å². The molecule has 22 heavy (non-hydrogen) atoms. The molecule has 1 atom stereocenters. The first kappa shape index (κ1) is 16.1. The molecule has 0 bridgehead atoms. The van der Waals surface area contributed by atoms with Crippen LogP contribution >= 0.6 is 0 Å². The summed E-state index contributed by atoms with van der Waals surface area (Å²) in [4.78, 5) is 14.3. The number of carbonyl (C=O) groups excluding carboxylic acids is 1.